The third kappa shape index (κ3) is 6.12. The molecule has 0 aliphatic heterocycles. The van der Waals surface area contributed by atoms with Crippen LogP contribution in [0.15, 0.2) is 42.5 Å². The summed E-state index contributed by atoms with van der Waals surface area (Å²) in [5, 5.41) is 3.68. The number of nitrogens with one attached hydrogen (secondary N) is 1. The molecule has 0 saturated heterocycles. The Bertz CT molecular complexity index is 837. The Balaban J connectivity index is 2.36. The maximum atomic E-state index is 13.3. The second-order valence-corrected chi connectivity index (χ2v) is 7.38. The first-order valence-corrected chi connectivity index (χ1v) is 10.3. The van der Waals surface area contributed by atoms with Gasteiger partial charge in [-0.2, -0.15) is 0 Å². The molecule has 156 valence electrons. The Labute approximate surface area is 181 Å². The van der Waals surface area contributed by atoms with E-state index < -0.39 is 6.04 Å². The lowest BCUT2D eigenvalue weighted by Gasteiger charge is -2.31. The molecular formula is C22H26Cl2N2O3. The molecule has 2 rings (SSSR count). The molecule has 0 heterocycles. The van der Waals surface area contributed by atoms with Gasteiger partial charge in [0.1, 0.15) is 11.8 Å². The van der Waals surface area contributed by atoms with Crippen molar-refractivity contribution in [3.8, 4) is 5.75 Å². The van der Waals surface area contributed by atoms with Crippen molar-refractivity contribution in [1.29, 1.82) is 0 Å². The van der Waals surface area contributed by atoms with Crippen LogP contribution in [0, 0.1) is 0 Å². The van der Waals surface area contributed by atoms with E-state index in [1.54, 1.807) is 30.2 Å². The van der Waals surface area contributed by atoms with Crippen molar-refractivity contribution >= 4 is 35.0 Å². The summed E-state index contributed by atoms with van der Waals surface area (Å²) in [4.78, 5) is 27.5. The van der Waals surface area contributed by atoms with Crippen molar-refractivity contribution in [2.75, 3.05) is 13.7 Å². The number of halogens is 2. The number of hydrogen-bond donors (Lipinski definition) is 1. The monoisotopic (exact) mass is 436 g/mol. The molecule has 2 aromatic carbocycles. The van der Waals surface area contributed by atoms with Gasteiger partial charge in [0.05, 0.1) is 13.5 Å². The van der Waals surface area contributed by atoms with Crippen LogP contribution < -0.4 is 10.1 Å². The predicted octanol–water partition coefficient (Wildman–Crippen LogP) is 4.49. The number of ether oxygens (including phenoxy) is 1. The summed E-state index contributed by atoms with van der Waals surface area (Å²) < 4.78 is 5.28. The largest absolute Gasteiger partial charge is 0.497 e. The summed E-state index contributed by atoms with van der Waals surface area (Å²) in [6.45, 7) is 4.50. The maximum absolute atomic E-state index is 13.3. The smallest absolute Gasteiger partial charge is 0.242 e. The first-order chi connectivity index (χ1) is 13.9. The number of carbonyl (C=O) groups excluding carboxylic acids is 2. The van der Waals surface area contributed by atoms with Gasteiger partial charge in [-0.3, -0.25) is 9.59 Å². The van der Waals surface area contributed by atoms with Gasteiger partial charge in [0.25, 0.3) is 0 Å². The number of methoxy groups -OCH3 is 1. The second kappa shape index (κ2) is 11.1. The highest BCUT2D eigenvalue weighted by Gasteiger charge is 2.29. The minimum atomic E-state index is -0.602. The fraction of sp³-hybridized carbons (Fsp3) is 0.364. The lowest BCUT2D eigenvalue weighted by molar-refractivity contribution is -0.140. The van der Waals surface area contributed by atoms with E-state index in [-0.39, 0.29) is 24.8 Å². The summed E-state index contributed by atoms with van der Waals surface area (Å²) >= 11 is 12.5. The maximum Gasteiger partial charge on any atom is 0.242 e. The summed E-state index contributed by atoms with van der Waals surface area (Å²) in [5.41, 5.74) is 1.42. The van der Waals surface area contributed by atoms with Gasteiger partial charge in [0, 0.05) is 23.1 Å². The summed E-state index contributed by atoms with van der Waals surface area (Å²) in [6, 6.07) is 12.0. The molecule has 0 fully saturated rings. The summed E-state index contributed by atoms with van der Waals surface area (Å²) in [7, 11) is 1.59. The van der Waals surface area contributed by atoms with E-state index in [9.17, 15) is 9.59 Å². The van der Waals surface area contributed by atoms with Gasteiger partial charge in [0.15, 0.2) is 0 Å². The SMILES string of the molecule is CCNC(=O)C(CC)N(Cc1cccc(OC)c1)C(=O)Cc1c(Cl)cccc1Cl. The number of benzene rings is 2. The number of rotatable bonds is 9. The van der Waals surface area contributed by atoms with Crippen molar-refractivity contribution in [1.82, 2.24) is 10.2 Å². The van der Waals surface area contributed by atoms with Crippen LogP contribution in [0.25, 0.3) is 0 Å². The average Bonchev–Trinajstić information content (AvgIpc) is 2.71. The molecule has 0 aliphatic carbocycles. The van der Waals surface area contributed by atoms with Crippen molar-refractivity contribution < 1.29 is 14.3 Å². The van der Waals surface area contributed by atoms with Crippen LogP contribution in [0.3, 0.4) is 0 Å². The Morgan fingerprint density at radius 3 is 2.34 bits per heavy atom. The van der Waals surface area contributed by atoms with Gasteiger partial charge in [-0.05, 0) is 48.7 Å². The molecule has 1 atom stereocenters. The van der Waals surface area contributed by atoms with Crippen LogP contribution in [0.2, 0.25) is 10.0 Å². The van der Waals surface area contributed by atoms with Crippen LogP contribution in [0.4, 0.5) is 0 Å². The highest BCUT2D eigenvalue weighted by molar-refractivity contribution is 6.36. The van der Waals surface area contributed by atoms with Crippen LogP contribution in [0.1, 0.15) is 31.4 Å². The van der Waals surface area contributed by atoms with Crippen molar-refractivity contribution in [3.05, 3.63) is 63.6 Å². The normalized spacial score (nSPS) is 11.6. The zero-order chi connectivity index (χ0) is 21.4. The lowest BCUT2D eigenvalue weighted by Crippen LogP contribution is -2.49. The number of hydrogen-bond acceptors (Lipinski definition) is 3. The molecule has 1 unspecified atom stereocenters. The van der Waals surface area contributed by atoms with Gasteiger partial charge in [0.2, 0.25) is 11.8 Å². The molecule has 29 heavy (non-hydrogen) atoms. The van der Waals surface area contributed by atoms with Crippen molar-refractivity contribution in [2.45, 2.75) is 39.3 Å². The van der Waals surface area contributed by atoms with E-state index in [1.165, 1.54) is 0 Å². The molecule has 0 aliphatic rings. The van der Waals surface area contributed by atoms with E-state index in [2.05, 4.69) is 5.32 Å². The number of nitrogens with zero attached hydrogens (tertiary/aromatic N) is 1. The standard InChI is InChI=1S/C22H26Cl2N2O3/c1-4-20(22(28)25-5-2)26(14-15-8-6-9-16(12-15)29-3)21(27)13-17-18(23)10-7-11-19(17)24/h6-12,20H,4-5,13-14H2,1-3H3,(H,25,28). The van der Waals surface area contributed by atoms with Crippen LogP contribution in [-0.4, -0.2) is 36.4 Å². The summed E-state index contributed by atoms with van der Waals surface area (Å²) in [6.07, 6.45) is 0.496. The number of carbonyl (C=O) groups is 2. The Morgan fingerprint density at radius 2 is 1.76 bits per heavy atom. The average molecular weight is 437 g/mol. The van der Waals surface area contributed by atoms with Gasteiger partial charge in [-0.25, -0.2) is 0 Å². The zero-order valence-electron chi connectivity index (χ0n) is 16.9. The predicted molar refractivity (Wildman–Crippen MR) is 116 cm³/mol. The van der Waals surface area contributed by atoms with Crippen molar-refractivity contribution in [2.24, 2.45) is 0 Å². The minimum absolute atomic E-state index is 0.0123. The Hall–Kier alpha value is -2.24. The van der Waals surface area contributed by atoms with E-state index in [4.69, 9.17) is 27.9 Å². The molecule has 0 aromatic heterocycles. The Morgan fingerprint density at radius 1 is 1.10 bits per heavy atom. The quantitative estimate of drug-likeness (QED) is 0.629. The topological polar surface area (TPSA) is 58.6 Å². The zero-order valence-corrected chi connectivity index (χ0v) is 18.4. The highest BCUT2D eigenvalue weighted by atomic mass is 35.5. The fourth-order valence-electron chi connectivity index (χ4n) is 3.13. The first kappa shape index (κ1) is 23.0. The van der Waals surface area contributed by atoms with Crippen LogP contribution in [-0.2, 0) is 22.6 Å². The van der Waals surface area contributed by atoms with Gasteiger partial charge >= 0.3 is 0 Å². The number of amides is 2. The van der Waals surface area contributed by atoms with Crippen LogP contribution in [0.5, 0.6) is 5.75 Å². The van der Waals surface area contributed by atoms with E-state index in [0.717, 1.165) is 5.56 Å². The molecule has 0 saturated carbocycles. The molecule has 1 N–H and O–H groups in total. The van der Waals surface area contributed by atoms with E-state index >= 15 is 0 Å². The third-order valence-corrected chi connectivity index (χ3v) is 5.32. The molecule has 5 nitrogen and oxygen atoms in total. The number of likely N-dealkylation sites (N-methyl/N-ethyl adjacent to an activating group) is 1. The second-order valence-electron chi connectivity index (χ2n) is 6.57. The van der Waals surface area contributed by atoms with Gasteiger partial charge < -0.3 is 15.0 Å². The fourth-order valence-corrected chi connectivity index (χ4v) is 3.66. The van der Waals surface area contributed by atoms with Gasteiger partial charge in [-0.1, -0.05) is 48.3 Å². The summed E-state index contributed by atoms with van der Waals surface area (Å²) in [5.74, 6) is 0.285. The third-order valence-electron chi connectivity index (χ3n) is 4.61. The Kier molecular flexibility index (Phi) is 8.80. The molecule has 2 amide bonds. The molecule has 7 heteroatoms. The van der Waals surface area contributed by atoms with E-state index in [0.29, 0.717) is 34.3 Å². The van der Waals surface area contributed by atoms with E-state index in [1.807, 2.05) is 38.1 Å². The lowest BCUT2D eigenvalue weighted by atomic mass is 10.1. The molecule has 2 aromatic rings. The van der Waals surface area contributed by atoms with Crippen LogP contribution >= 0.6 is 23.2 Å². The highest BCUT2D eigenvalue weighted by Crippen LogP contribution is 2.26. The molecule has 0 radical (unpaired) electrons. The van der Waals surface area contributed by atoms with Crippen molar-refractivity contribution in [3.63, 3.8) is 0 Å². The van der Waals surface area contributed by atoms with Gasteiger partial charge in [-0.15, -0.1) is 0 Å². The molecule has 0 bridgehead atoms. The molecule has 0 spiro atoms. The first-order valence-electron chi connectivity index (χ1n) is 9.54. The minimum Gasteiger partial charge on any atom is -0.497 e. The molecular weight excluding hydrogens is 411 g/mol.